The molecule has 1 rings (SSSR count). The van der Waals surface area contributed by atoms with E-state index in [-0.39, 0.29) is 5.41 Å². The second-order valence-electron chi connectivity index (χ2n) is 5.08. The molecule has 0 aromatic carbocycles. The van der Waals surface area contributed by atoms with Gasteiger partial charge in [0.2, 0.25) is 0 Å². The summed E-state index contributed by atoms with van der Waals surface area (Å²) in [5, 5.41) is 8.86. The van der Waals surface area contributed by atoms with Crippen molar-refractivity contribution in [2.75, 3.05) is 13.2 Å². The highest BCUT2D eigenvalue weighted by atomic mass is 16.5. The van der Waals surface area contributed by atoms with Gasteiger partial charge < -0.3 is 10.5 Å². The Morgan fingerprint density at radius 1 is 1.47 bits per heavy atom. The predicted octanol–water partition coefficient (Wildman–Crippen LogP) is 2.07. The Hall–Kier alpha value is -0.590. The second kappa shape index (κ2) is 5.48. The van der Waals surface area contributed by atoms with Crippen LogP contribution in [0.4, 0.5) is 0 Å². The fourth-order valence-corrected chi connectivity index (χ4v) is 2.01. The normalized spacial score (nSPS) is 26.5. The summed E-state index contributed by atoms with van der Waals surface area (Å²) in [6.45, 7) is 5.31. The second-order valence-corrected chi connectivity index (χ2v) is 5.08. The van der Waals surface area contributed by atoms with E-state index in [4.69, 9.17) is 15.7 Å². The van der Waals surface area contributed by atoms with Crippen LogP contribution in [0.2, 0.25) is 0 Å². The zero-order valence-electron chi connectivity index (χ0n) is 9.83. The van der Waals surface area contributed by atoms with E-state index in [0.29, 0.717) is 18.6 Å². The zero-order valence-corrected chi connectivity index (χ0v) is 9.83. The summed E-state index contributed by atoms with van der Waals surface area (Å²) in [6.07, 6.45) is 4.70. The molecule has 2 atom stereocenters. The number of nitrogens with zero attached hydrogens (tertiary/aromatic N) is 1. The van der Waals surface area contributed by atoms with Crippen LogP contribution in [0, 0.1) is 22.7 Å². The minimum Gasteiger partial charge on any atom is -0.378 e. The van der Waals surface area contributed by atoms with Gasteiger partial charge in [-0.2, -0.15) is 5.26 Å². The number of nitrogens with two attached hydrogens (primary N) is 1. The minimum atomic E-state index is -0.267. The van der Waals surface area contributed by atoms with E-state index in [1.165, 1.54) is 12.8 Å². The molecule has 1 fully saturated rings. The van der Waals surface area contributed by atoms with Crippen LogP contribution >= 0.6 is 0 Å². The van der Waals surface area contributed by atoms with Crippen LogP contribution in [0.1, 0.15) is 39.5 Å². The summed E-state index contributed by atoms with van der Waals surface area (Å²) >= 11 is 0. The first-order valence-electron chi connectivity index (χ1n) is 5.82. The maximum atomic E-state index is 8.86. The Bertz CT molecular complexity index is 232. The average molecular weight is 210 g/mol. The molecule has 2 unspecified atom stereocenters. The van der Waals surface area contributed by atoms with Crippen molar-refractivity contribution in [3.8, 4) is 6.07 Å². The van der Waals surface area contributed by atoms with Gasteiger partial charge in [-0.25, -0.2) is 0 Å². The van der Waals surface area contributed by atoms with E-state index in [2.05, 4.69) is 6.07 Å². The Morgan fingerprint density at radius 2 is 2.20 bits per heavy atom. The fourth-order valence-electron chi connectivity index (χ4n) is 2.01. The molecule has 2 N–H and O–H groups in total. The lowest BCUT2D eigenvalue weighted by Gasteiger charge is -2.21. The van der Waals surface area contributed by atoms with Crippen LogP contribution in [0.3, 0.4) is 0 Å². The quantitative estimate of drug-likeness (QED) is 0.755. The van der Waals surface area contributed by atoms with Gasteiger partial charge in [-0.05, 0) is 45.6 Å². The molecule has 0 aromatic heterocycles. The van der Waals surface area contributed by atoms with Gasteiger partial charge in [0, 0.05) is 6.61 Å². The Balaban J connectivity index is 2.23. The monoisotopic (exact) mass is 210 g/mol. The van der Waals surface area contributed by atoms with Crippen molar-refractivity contribution in [1.82, 2.24) is 0 Å². The van der Waals surface area contributed by atoms with E-state index in [9.17, 15) is 0 Å². The van der Waals surface area contributed by atoms with Gasteiger partial charge in [-0.15, -0.1) is 0 Å². The largest absolute Gasteiger partial charge is 0.378 e. The first kappa shape index (κ1) is 12.5. The van der Waals surface area contributed by atoms with Gasteiger partial charge in [0.1, 0.15) is 0 Å². The lowest BCUT2D eigenvalue weighted by Crippen LogP contribution is -2.26. The van der Waals surface area contributed by atoms with E-state index in [0.717, 1.165) is 19.4 Å². The molecule has 1 saturated carbocycles. The topological polar surface area (TPSA) is 59.0 Å². The third-order valence-corrected chi connectivity index (χ3v) is 3.25. The lowest BCUT2D eigenvalue weighted by molar-refractivity contribution is 0.0202. The predicted molar refractivity (Wildman–Crippen MR) is 60.1 cm³/mol. The molecule has 3 nitrogen and oxygen atoms in total. The number of nitriles is 1. The van der Waals surface area contributed by atoms with Crippen molar-refractivity contribution in [1.29, 1.82) is 5.26 Å². The van der Waals surface area contributed by atoms with Crippen LogP contribution in [-0.2, 0) is 4.74 Å². The molecule has 0 saturated heterocycles. The molecular formula is C12H22N2O. The van der Waals surface area contributed by atoms with Crippen molar-refractivity contribution in [2.24, 2.45) is 17.1 Å². The standard InChI is InChI=1S/C12H22N2O/c1-12(2,9-14)6-7-15-11-5-3-4-10(11)8-13/h10-11H,3-8,13H2,1-2H3. The average Bonchev–Trinajstić information content (AvgIpc) is 2.65. The van der Waals surface area contributed by atoms with Crippen molar-refractivity contribution in [3.05, 3.63) is 0 Å². The van der Waals surface area contributed by atoms with Crippen LogP contribution in [0.5, 0.6) is 0 Å². The maximum Gasteiger partial charge on any atom is 0.0684 e. The fraction of sp³-hybridized carbons (Fsp3) is 0.917. The zero-order chi connectivity index (χ0) is 11.3. The van der Waals surface area contributed by atoms with Gasteiger partial charge >= 0.3 is 0 Å². The summed E-state index contributed by atoms with van der Waals surface area (Å²) in [6, 6.07) is 2.29. The summed E-state index contributed by atoms with van der Waals surface area (Å²) in [7, 11) is 0. The molecular weight excluding hydrogens is 188 g/mol. The SMILES string of the molecule is CC(C)(C#N)CCOC1CCCC1CN. The van der Waals surface area contributed by atoms with Crippen molar-refractivity contribution in [3.63, 3.8) is 0 Å². The third kappa shape index (κ3) is 3.81. The summed E-state index contributed by atoms with van der Waals surface area (Å²) in [5.41, 5.74) is 5.41. The summed E-state index contributed by atoms with van der Waals surface area (Å²) in [4.78, 5) is 0. The van der Waals surface area contributed by atoms with Gasteiger partial charge in [-0.3, -0.25) is 0 Å². The third-order valence-electron chi connectivity index (χ3n) is 3.25. The molecule has 0 bridgehead atoms. The van der Waals surface area contributed by atoms with Crippen molar-refractivity contribution in [2.45, 2.75) is 45.6 Å². The van der Waals surface area contributed by atoms with Crippen LogP contribution in [0.25, 0.3) is 0 Å². The minimum absolute atomic E-state index is 0.267. The Morgan fingerprint density at radius 3 is 2.80 bits per heavy atom. The molecule has 1 aliphatic rings. The Labute approximate surface area is 92.6 Å². The van der Waals surface area contributed by atoms with E-state index < -0.39 is 0 Å². The molecule has 0 aliphatic heterocycles. The number of hydrogen-bond donors (Lipinski definition) is 1. The summed E-state index contributed by atoms with van der Waals surface area (Å²) in [5.74, 6) is 0.537. The van der Waals surface area contributed by atoms with Gasteiger partial charge in [0.25, 0.3) is 0 Å². The highest BCUT2D eigenvalue weighted by Crippen LogP contribution is 2.28. The molecule has 0 aromatic rings. The molecule has 0 amide bonds. The summed E-state index contributed by atoms with van der Waals surface area (Å²) < 4.78 is 5.81. The molecule has 86 valence electrons. The highest BCUT2D eigenvalue weighted by molar-refractivity contribution is 4.91. The first-order valence-corrected chi connectivity index (χ1v) is 5.82. The smallest absolute Gasteiger partial charge is 0.0684 e. The van der Waals surface area contributed by atoms with Crippen LogP contribution < -0.4 is 5.73 Å². The van der Waals surface area contributed by atoms with Crippen LogP contribution in [0.15, 0.2) is 0 Å². The van der Waals surface area contributed by atoms with E-state index in [1.807, 2.05) is 13.8 Å². The number of hydrogen-bond acceptors (Lipinski definition) is 3. The molecule has 0 radical (unpaired) electrons. The number of ether oxygens (including phenoxy) is 1. The van der Waals surface area contributed by atoms with Crippen molar-refractivity contribution >= 4 is 0 Å². The molecule has 3 heteroatoms. The molecule has 0 heterocycles. The molecule has 15 heavy (non-hydrogen) atoms. The van der Waals surface area contributed by atoms with E-state index in [1.54, 1.807) is 0 Å². The van der Waals surface area contributed by atoms with Gasteiger partial charge in [0.05, 0.1) is 17.6 Å². The molecule has 0 spiro atoms. The van der Waals surface area contributed by atoms with Crippen molar-refractivity contribution < 1.29 is 4.74 Å². The van der Waals surface area contributed by atoms with E-state index >= 15 is 0 Å². The van der Waals surface area contributed by atoms with Gasteiger partial charge in [-0.1, -0.05) is 6.42 Å². The first-order chi connectivity index (χ1) is 7.09. The Kier molecular flexibility index (Phi) is 4.56. The van der Waals surface area contributed by atoms with Gasteiger partial charge in [0.15, 0.2) is 0 Å². The van der Waals surface area contributed by atoms with Crippen LogP contribution in [-0.4, -0.2) is 19.3 Å². The maximum absolute atomic E-state index is 8.86. The number of rotatable bonds is 5. The molecule has 1 aliphatic carbocycles. The highest BCUT2D eigenvalue weighted by Gasteiger charge is 2.27. The lowest BCUT2D eigenvalue weighted by atomic mass is 9.92.